The Morgan fingerprint density at radius 3 is 2.39 bits per heavy atom. The molecule has 92 valence electrons. The first kappa shape index (κ1) is 12.5. The van der Waals surface area contributed by atoms with E-state index in [4.69, 9.17) is 16.3 Å². The van der Waals surface area contributed by atoms with E-state index in [1.54, 1.807) is 24.5 Å². The van der Waals surface area contributed by atoms with E-state index in [2.05, 4.69) is 9.97 Å². The van der Waals surface area contributed by atoms with E-state index in [0.29, 0.717) is 16.6 Å². The molecule has 1 heterocycles. The minimum absolute atomic E-state index is 0.0314. The van der Waals surface area contributed by atoms with Crippen LogP contribution in [0.15, 0.2) is 36.7 Å². The van der Waals surface area contributed by atoms with Crippen LogP contribution in [0.1, 0.15) is 6.92 Å². The highest BCUT2D eigenvalue weighted by molar-refractivity contribution is 6.30. The number of hydrogen-bond acceptors (Lipinski definition) is 4. The summed E-state index contributed by atoms with van der Waals surface area (Å²) in [6.07, 6.45) is 3.08. The molecule has 1 aromatic heterocycles. The van der Waals surface area contributed by atoms with Gasteiger partial charge in [-0.3, -0.25) is 4.79 Å². The number of halogens is 1. The maximum Gasteiger partial charge on any atom is 0.167 e. The molecule has 0 fully saturated rings. The summed E-state index contributed by atoms with van der Waals surface area (Å²) in [5.74, 6) is 1.02. The highest BCUT2D eigenvalue weighted by atomic mass is 35.5. The highest BCUT2D eigenvalue weighted by Gasteiger charge is 2.02. The summed E-state index contributed by atoms with van der Waals surface area (Å²) in [5, 5.41) is 0.667. The Kier molecular flexibility index (Phi) is 3.89. The van der Waals surface area contributed by atoms with Crippen molar-refractivity contribution < 1.29 is 9.53 Å². The first-order valence-electron chi connectivity index (χ1n) is 5.35. The number of carbonyl (C=O) groups excluding carboxylic acids is 1. The molecule has 0 aliphatic carbocycles. The smallest absolute Gasteiger partial charge is 0.167 e. The maximum atomic E-state index is 10.8. The molecule has 0 amide bonds. The Bertz CT molecular complexity index is 538. The summed E-state index contributed by atoms with van der Waals surface area (Å²) in [6.45, 7) is 1.49. The Labute approximate surface area is 110 Å². The monoisotopic (exact) mass is 262 g/mol. The Hall–Kier alpha value is -1.94. The van der Waals surface area contributed by atoms with Gasteiger partial charge in [-0.2, -0.15) is 0 Å². The van der Waals surface area contributed by atoms with E-state index in [1.807, 2.05) is 12.1 Å². The first-order valence-corrected chi connectivity index (χ1v) is 5.73. The zero-order valence-electron chi connectivity index (χ0n) is 9.76. The van der Waals surface area contributed by atoms with Gasteiger partial charge in [0, 0.05) is 10.6 Å². The molecule has 2 aromatic rings. The fraction of sp³-hybridized carbons (Fsp3) is 0.154. The summed E-state index contributed by atoms with van der Waals surface area (Å²) >= 11 is 5.80. The third kappa shape index (κ3) is 3.28. The van der Waals surface area contributed by atoms with Crippen LogP contribution < -0.4 is 4.74 Å². The SMILES string of the molecule is CC(=O)COc1cnc(-c2ccc(Cl)cc2)nc1. The van der Waals surface area contributed by atoms with Crippen LogP contribution in [0.5, 0.6) is 5.75 Å². The number of nitrogens with zero attached hydrogens (tertiary/aromatic N) is 2. The van der Waals surface area contributed by atoms with Gasteiger partial charge in [0.1, 0.15) is 6.61 Å². The van der Waals surface area contributed by atoms with Gasteiger partial charge in [0.15, 0.2) is 17.4 Å². The molecule has 0 saturated heterocycles. The van der Waals surface area contributed by atoms with Crippen LogP contribution in [0.2, 0.25) is 5.02 Å². The van der Waals surface area contributed by atoms with E-state index in [9.17, 15) is 4.79 Å². The van der Waals surface area contributed by atoms with Gasteiger partial charge in [0.05, 0.1) is 12.4 Å². The lowest BCUT2D eigenvalue weighted by atomic mass is 10.2. The quantitative estimate of drug-likeness (QED) is 0.850. The number of benzene rings is 1. The van der Waals surface area contributed by atoms with Crippen molar-refractivity contribution in [3.8, 4) is 17.1 Å². The van der Waals surface area contributed by atoms with Gasteiger partial charge in [0.25, 0.3) is 0 Å². The zero-order valence-corrected chi connectivity index (χ0v) is 10.5. The van der Waals surface area contributed by atoms with Gasteiger partial charge in [0.2, 0.25) is 0 Å². The van der Waals surface area contributed by atoms with Crippen LogP contribution in [0.4, 0.5) is 0 Å². The van der Waals surface area contributed by atoms with Crippen molar-refractivity contribution in [2.75, 3.05) is 6.61 Å². The first-order chi connectivity index (χ1) is 8.65. The number of rotatable bonds is 4. The van der Waals surface area contributed by atoms with Crippen molar-refractivity contribution in [3.63, 3.8) is 0 Å². The van der Waals surface area contributed by atoms with Crippen LogP contribution in [0.3, 0.4) is 0 Å². The minimum Gasteiger partial charge on any atom is -0.483 e. The van der Waals surface area contributed by atoms with Crippen molar-refractivity contribution in [1.82, 2.24) is 9.97 Å². The number of ether oxygens (including phenoxy) is 1. The van der Waals surface area contributed by atoms with E-state index in [1.165, 1.54) is 6.92 Å². The van der Waals surface area contributed by atoms with Gasteiger partial charge < -0.3 is 4.74 Å². The normalized spacial score (nSPS) is 10.1. The molecular formula is C13H11ClN2O2. The molecule has 0 radical (unpaired) electrons. The standard InChI is InChI=1S/C13H11ClN2O2/c1-9(17)8-18-12-6-15-13(16-7-12)10-2-4-11(14)5-3-10/h2-7H,8H2,1H3. The van der Waals surface area contributed by atoms with Crippen molar-refractivity contribution >= 4 is 17.4 Å². The van der Waals surface area contributed by atoms with E-state index in [0.717, 1.165) is 5.56 Å². The molecular weight excluding hydrogens is 252 g/mol. The molecule has 0 bridgehead atoms. The van der Waals surface area contributed by atoms with Gasteiger partial charge >= 0.3 is 0 Å². The third-order valence-corrected chi connectivity index (χ3v) is 2.42. The molecule has 0 unspecified atom stereocenters. The summed E-state index contributed by atoms with van der Waals surface area (Å²) < 4.78 is 5.18. The molecule has 2 rings (SSSR count). The average molecular weight is 263 g/mol. The van der Waals surface area contributed by atoms with Gasteiger partial charge in [-0.05, 0) is 31.2 Å². The Morgan fingerprint density at radius 1 is 1.22 bits per heavy atom. The number of ketones is 1. The van der Waals surface area contributed by atoms with Crippen LogP contribution in [0.25, 0.3) is 11.4 Å². The second-order valence-corrected chi connectivity index (χ2v) is 4.18. The molecule has 0 aliphatic rings. The number of carbonyl (C=O) groups is 1. The topological polar surface area (TPSA) is 52.1 Å². The molecule has 4 nitrogen and oxygen atoms in total. The van der Waals surface area contributed by atoms with Crippen molar-refractivity contribution in [2.24, 2.45) is 0 Å². The molecule has 0 saturated carbocycles. The van der Waals surface area contributed by atoms with Crippen molar-refractivity contribution in [1.29, 1.82) is 0 Å². The fourth-order valence-electron chi connectivity index (χ4n) is 1.32. The lowest BCUT2D eigenvalue weighted by Crippen LogP contribution is -2.07. The predicted molar refractivity (Wildman–Crippen MR) is 68.7 cm³/mol. The molecule has 0 atom stereocenters. The summed E-state index contributed by atoms with van der Waals surface area (Å²) in [6, 6.07) is 7.24. The third-order valence-electron chi connectivity index (χ3n) is 2.17. The van der Waals surface area contributed by atoms with Crippen LogP contribution in [-0.4, -0.2) is 22.4 Å². The van der Waals surface area contributed by atoms with Crippen LogP contribution in [0, 0.1) is 0 Å². The molecule has 5 heteroatoms. The summed E-state index contributed by atoms with van der Waals surface area (Å²) in [5.41, 5.74) is 0.873. The second-order valence-electron chi connectivity index (χ2n) is 3.74. The van der Waals surface area contributed by atoms with Crippen LogP contribution >= 0.6 is 11.6 Å². The molecule has 0 spiro atoms. The molecule has 1 aromatic carbocycles. The van der Waals surface area contributed by atoms with Crippen molar-refractivity contribution in [2.45, 2.75) is 6.92 Å². The van der Waals surface area contributed by atoms with E-state index < -0.39 is 0 Å². The van der Waals surface area contributed by atoms with Gasteiger partial charge in [-0.15, -0.1) is 0 Å². The number of Topliss-reactive ketones (excluding diaryl/α,β-unsaturated/α-hetero) is 1. The molecule has 18 heavy (non-hydrogen) atoms. The van der Waals surface area contributed by atoms with Crippen LogP contribution in [-0.2, 0) is 4.79 Å². The Balaban J connectivity index is 2.12. The summed E-state index contributed by atoms with van der Waals surface area (Å²) in [4.78, 5) is 19.1. The largest absolute Gasteiger partial charge is 0.483 e. The second kappa shape index (κ2) is 5.60. The van der Waals surface area contributed by atoms with Crippen molar-refractivity contribution in [3.05, 3.63) is 41.7 Å². The lowest BCUT2D eigenvalue weighted by Gasteiger charge is -2.04. The average Bonchev–Trinajstić information content (AvgIpc) is 2.38. The predicted octanol–water partition coefficient (Wildman–Crippen LogP) is 2.76. The zero-order chi connectivity index (χ0) is 13.0. The van der Waals surface area contributed by atoms with Gasteiger partial charge in [-0.25, -0.2) is 9.97 Å². The Morgan fingerprint density at radius 2 is 1.83 bits per heavy atom. The van der Waals surface area contributed by atoms with E-state index in [-0.39, 0.29) is 12.4 Å². The number of aromatic nitrogens is 2. The highest BCUT2D eigenvalue weighted by Crippen LogP contribution is 2.18. The lowest BCUT2D eigenvalue weighted by molar-refractivity contribution is -0.118. The maximum absolute atomic E-state index is 10.8. The van der Waals surface area contributed by atoms with Gasteiger partial charge in [-0.1, -0.05) is 11.6 Å². The molecule has 0 N–H and O–H groups in total. The van der Waals surface area contributed by atoms with E-state index >= 15 is 0 Å². The summed E-state index contributed by atoms with van der Waals surface area (Å²) in [7, 11) is 0. The number of hydrogen-bond donors (Lipinski definition) is 0. The minimum atomic E-state index is -0.0447. The fourth-order valence-corrected chi connectivity index (χ4v) is 1.45. The molecule has 0 aliphatic heterocycles.